The van der Waals surface area contributed by atoms with Crippen LogP contribution in [0.15, 0.2) is 41.1 Å². The summed E-state index contributed by atoms with van der Waals surface area (Å²) in [4.78, 5) is 4.09. The fourth-order valence-corrected chi connectivity index (χ4v) is 2.25. The molecule has 0 aliphatic rings. The molecule has 0 saturated carbocycles. The molecule has 2 aromatic rings. The van der Waals surface area contributed by atoms with E-state index < -0.39 is 0 Å². The summed E-state index contributed by atoms with van der Waals surface area (Å²) in [6.45, 7) is 0.338. The molecule has 0 aliphatic heterocycles. The Balaban J connectivity index is 2.26. The number of aromatic nitrogens is 1. The van der Waals surface area contributed by atoms with E-state index in [4.69, 9.17) is 17.3 Å². The van der Waals surface area contributed by atoms with E-state index in [0.717, 1.165) is 10.0 Å². The number of halogens is 3. The van der Waals surface area contributed by atoms with Gasteiger partial charge < -0.3 is 11.1 Å². The highest BCUT2D eigenvalue weighted by Gasteiger charge is 2.12. The summed E-state index contributed by atoms with van der Waals surface area (Å²) in [5, 5.41) is 3.57. The quantitative estimate of drug-likeness (QED) is 0.888. The maximum atomic E-state index is 13.2. The highest BCUT2D eigenvalue weighted by atomic mass is 79.9. The smallest absolute Gasteiger partial charge is 0.125 e. The number of nitrogens with zero attached hydrogens (tertiary/aromatic N) is 1. The van der Waals surface area contributed by atoms with Gasteiger partial charge in [0.05, 0.1) is 16.8 Å². The van der Waals surface area contributed by atoms with Crippen molar-refractivity contribution < 1.29 is 4.39 Å². The number of hydrogen-bond donors (Lipinski definition) is 2. The summed E-state index contributed by atoms with van der Waals surface area (Å²) in [6.07, 6.45) is 3.40. The van der Waals surface area contributed by atoms with Crippen molar-refractivity contribution in [1.82, 2.24) is 4.98 Å². The zero-order chi connectivity index (χ0) is 13.8. The minimum atomic E-state index is -0.352. The molecule has 3 nitrogen and oxygen atoms in total. The second-order valence-electron chi connectivity index (χ2n) is 3.99. The van der Waals surface area contributed by atoms with E-state index in [2.05, 4.69) is 26.2 Å². The molecule has 1 unspecified atom stereocenters. The Labute approximate surface area is 124 Å². The summed E-state index contributed by atoms with van der Waals surface area (Å²) in [5.74, 6) is -0.352. The lowest BCUT2D eigenvalue weighted by Gasteiger charge is -2.19. The average molecular weight is 345 g/mol. The zero-order valence-electron chi connectivity index (χ0n) is 9.91. The van der Waals surface area contributed by atoms with Gasteiger partial charge in [-0.15, -0.1) is 0 Å². The number of rotatable bonds is 4. The molecule has 2 rings (SSSR count). The zero-order valence-corrected chi connectivity index (χ0v) is 12.2. The van der Waals surface area contributed by atoms with Crippen molar-refractivity contribution in [2.75, 3.05) is 11.9 Å². The molecule has 0 radical (unpaired) electrons. The first-order valence-electron chi connectivity index (χ1n) is 5.62. The SMILES string of the molecule is NCC(Nc1cc(F)ccc1Cl)c1cncc(Br)c1. The minimum Gasteiger partial charge on any atom is -0.376 e. The van der Waals surface area contributed by atoms with E-state index >= 15 is 0 Å². The molecular weight excluding hydrogens is 333 g/mol. The summed E-state index contributed by atoms with van der Waals surface area (Å²) in [7, 11) is 0. The van der Waals surface area contributed by atoms with Crippen molar-refractivity contribution in [3.63, 3.8) is 0 Å². The van der Waals surface area contributed by atoms with E-state index in [9.17, 15) is 4.39 Å². The Kier molecular flexibility index (Phi) is 4.74. The molecular formula is C13H12BrClFN3. The van der Waals surface area contributed by atoms with Gasteiger partial charge in [0.25, 0.3) is 0 Å². The molecule has 6 heteroatoms. The van der Waals surface area contributed by atoms with Crippen LogP contribution in [0, 0.1) is 5.82 Å². The van der Waals surface area contributed by atoms with Gasteiger partial charge >= 0.3 is 0 Å². The van der Waals surface area contributed by atoms with Crippen LogP contribution in [0.25, 0.3) is 0 Å². The second-order valence-corrected chi connectivity index (χ2v) is 5.32. The standard InChI is InChI=1S/C13H12BrClFN3/c14-9-3-8(6-18-7-9)13(5-17)19-12-4-10(16)1-2-11(12)15/h1-4,6-7,13,19H,5,17H2. The molecule has 1 aromatic carbocycles. The number of pyridine rings is 1. The monoisotopic (exact) mass is 343 g/mol. The van der Waals surface area contributed by atoms with E-state index in [0.29, 0.717) is 17.3 Å². The molecule has 0 fully saturated rings. The Morgan fingerprint density at radius 2 is 2.16 bits per heavy atom. The molecule has 0 bridgehead atoms. The number of benzene rings is 1. The van der Waals surface area contributed by atoms with Crippen LogP contribution < -0.4 is 11.1 Å². The molecule has 19 heavy (non-hydrogen) atoms. The van der Waals surface area contributed by atoms with E-state index in [-0.39, 0.29) is 11.9 Å². The van der Waals surface area contributed by atoms with E-state index in [1.807, 2.05) is 6.07 Å². The van der Waals surface area contributed by atoms with Gasteiger partial charge in [-0.3, -0.25) is 4.98 Å². The molecule has 1 aromatic heterocycles. The van der Waals surface area contributed by atoms with Crippen molar-refractivity contribution in [2.24, 2.45) is 5.73 Å². The molecule has 0 aliphatic carbocycles. The summed E-state index contributed by atoms with van der Waals surface area (Å²) in [6, 6.07) is 5.88. The topological polar surface area (TPSA) is 50.9 Å². The molecule has 0 saturated heterocycles. The highest BCUT2D eigenvalue weighted by Crippen LogP contribution is 2.27. The normalized spacial score (nSPS) is 12.2. The maximum absolute atomic E-state index is 13.2. The molecule has 1 atom stereocenters. The fourth-order valence-electron chi connectivity index (χ4n) is 1.69. The van der Waals surface area contributed by atoms with Crippen molar-refractivity contribution in [3.05, 3.63) is 57.5 Å². The van der Waals surface area contributed by atoms with Gasteiger partial charge in [-0.05, 0) is 45.8 Å². The van der Waals surface area contributed by atoms with Crippen LogP contribution in [0.3, 0.4) is 0 Å². The van der Waals surface area contributed by atoms with E-state index in [1.54, 1.807) is 12.4 Å². The van der Waals surface area contributed by atoms with Crippen LogP contribution in [0.2, 0.25) is 5.02 Å². The predicted octanol–water partition coefficient (Wildman–Crippen LogP) is 3.75. The fraction of sp³-hybridized carbons (Fsp3) is 0.154. The van der Waals surface area contributed by atoms with Crippen LogP contribution in [0.1, 0.15) is 11.6 Å². The van der Waals surface area contributed by atoms with Crippen LogP contribution in [-0.2, 0) is 0 Å². The lowest BCUT2D eigenvalue weighted by molar-refractivity contribution is 0.627. The van der Waals surface area contributed by atoms with Gasteiger partial charge in [0, 0.05) is 23.4 Å². The highest BCUT2D eigenvalue weighted by molar-refractivity contribution is 9.10. The lowest BCUT2D eigenvalue weighted by atomic mass is 10.1. The average Bonchev–Trinajstić information content (AvgIpc) is 2.39. The van der Waals surface area contributed by atoms with Gasteiger partial charge in [0.2, 0.25) is 0 Å². The third-order valence-corrected chi connectivity index (χ3v) is 3.39. The number of nitrogens with two attached hydrogens (primary N) is 1. The molecule has 3 N–H and O–H groups in total. The number of nitrogens with one attached hydrogen (secondary N) is 1. The Morgan fingerprint density at radius 1 is 1.37 bits per heavy atom. The van der Waals surface area contributed by atoms with Gasteiger partial charge in [-0.1, -0.05) is 11.6 Å². The first-order chi connectivity index (χ1) is 9.10. The van der Waals surface area contributed by atoms with Crippen molar-refractivity contribution in [2.45, 2.75) is 6.04 Å². The Hall–Kier alpha value is -1.17. The summed E-state index contributed by atoms with van der Waals surface area (Å²) in [5.41, 5.74) is 7.16. The third kappa shape index (κ3) is 3.65. The summed E-state index contributed by atoms with van der Waals surface area (Å²) < 4.78 is 14.1. The van der Waals surface area contributed by atoms with Crippen molar-refractivity contribution in [1.29, 1.82) is 0 Å². The molecule has 0 spiro atoms. The van der Waals surface area contributed by atoms with Gasteiger partial charge in [-0.25, -0.2) is 4.39 Å². The third-order valence-electron chi connectivity index (χ3n) is 2.62. The van der Waals surface area contributed by atoms with Crippen molar-refractivity contribution in [3.8, 4) is 0 Å². The van der Waals surface area contributed by atoms with Crippen molar-refractivity contribution >= 4 is 33.2 Å². The lowest BCUT2D eigenvalue weighted by Crippen LogP contribution is -2.21. The maximum Gasteiger partial charge on any atom is 0.125 e. The van der Waals surface area contributed by atoms with Gasteiger partial charge in [0.1, 0.15) is 5.82 Å². The van der Waals surface area contributed by atoms with Crippen LogP contribution >= 0.6 is 27.5 Å². The molecule has 1 heterocycles. The Bertz CT molecular complexity index is 580. The first-order valence-corrected chi connectivity index (χ1v) is 6.79. The van der Waals surface area contributed by atoms with Crippen LogP contribution in [0.5, 0.6) is 0 Å². The van der Waals surface area contributed by atoms with E-state index in [1.165, 1.54) is 18.2 Å². The number of hydrogen-bond acceptors (Lipinski definition) is 3. The largest absolute Gasteiger partial charge is 0.376 e. The first kappa shape index (κ1) is 14.2. The van der Waals surface area contributed by atoms with Gasteiger partial charge in [-0.2, -0.15) is 0 Å². The molecule has 100 valence electrons. The second kappa shape index (κ2) is 6.32. The number of anilines is 1. The summed E-state index contributed by atoms with van der Waals surface area (Å²) >= 11 is 9.38. The molecule has 0 amide bonds. The van der Waals surface area contributed by atoms with Crippen LogP contribution in [-0.4, -0.2) is 11.5 Å². The van der Waals surface area contributed by atoms with Crippen LogP contribution in [0.4, 0.5) is 10.1 Å². The predicted molar refractivity (Wildman–Crippen MR) is 78.8 cm³/mol. The minimum absolute atomic E-state index is 0.190. The van der Waals surface area contributed by atoms with Gasteiger partial charge in [0.15, 0.2) is 0 Å². The Morgan fingerprint density at radius 3 is 2.84 bits per heavy atom.